The third-order valence-electron chi connectivity index (χ3n) is 14.1. The average molecular weight is 1000 g/mol. The van der Waals surface area contributed by atoms with Gasteiger partial charge in [0, 0.05) is 40.4 Å². The van der Waals surface area contributed by atoms with Crippen LogP contribution in [0, 0.1) is 64.5 Å². The molecule has 0 saturated carbocycles. The zero-order chi connectivity index (χ0) is 43.5. The van der Waals surface area contributed by atoms with E-state index in [4.69, 9.17) is 19.7 Å². The molecule has 7 heteroatoms. The normalized spacial score (nSPS) is 17.6. The Labute approximate surface area is 383 Å². The summed E-state index contributed by atoms with van der Waals surface area (Å²) < 4.78 is 9.38. The molecule has 2 aliphatic heterocycles. The van der Waals surface area contributed by atoms with Gasteiger partial charge in [0.2, 0.25) is 0 Å². The number of pyridine rings is 2. The first-order chi connectivity index (χ1) is 28.8. The van der Waals surface area contributed by atoms with Gasteiger partial charge >= 0.3 is 21.1 Å². The van der Waals surface area contributed by atoms with Crippen LogP contribution in [0.5, 0.6) is 11.5 Å². The molecule has 2 aliphatic rings. The first-order valence-corrected chi connectivity index (χ1v) is 22.0. The Kier molecular flexibility index (Phi) is 10.8. The molecule has 0 saturated heterocycles. The molecule has 0 bridgehead atoms. The fourth-order valence-electron chi connectivity index (χ4n) is 11.3. The van der Waals surface area contributed by atoms with Gasteiger partial charge in [-0.25, -0.2) is 4.98 Å². The molecule has 0 N–H and O–H groups in total. The van der Waals surface area contributed by atoms with Gasteiger partial charge in [-0.3, -0.25) is 4.98 Å². The van der Waals surface area contributed by atoms with Gasteiger partial charge in [-0.05, 0) is 112 Å². The Morgan fingerprint density at radius 1 is 0.694 bits per heavy atom. The number of rotatable bonds is 8. The zero-order valence-electron chi connectivity index (χ0n) is 38.8. The van der Waals surface area contributed by atoms with Crippen LogP contribution < -0.4 is 9.64 Å². The van der Waals surface area contributed by atoms with Crippen molar-refractivity contribution in [1.82, 2.24) is 14.5 Å². The Balaban J connectivity index is 0.00000529. The summed E-state index contributed by atoms with van der Waals surface area (Å²) in [6.45, 7) is 32.0. The summed E-state index contributed by atoms with van der Waals surface area (Å²) in [5.41, 5.74) is 14.1. The quantitative estimate of drug-likeness (QED) is 0.142. The first-order valence-electron chi connectivity index (χ1n) is 22.0. The van der Waals surface area contributed by atoms with Crippen molar-refractivity contribution < 1.29 is 25.8 Å². The van der Waals surface area contributed by atoms with E-state index in [0.29, 0.717) is 29.3 Å². The molecule has 5 heterocycles. The first kappa shape index (κ1) is 43.6. The number of amidine groups is 1. The van der Waals surface area contributed by atoms with E-state index < -0.39 is 11.1 Å². The number of aliphatic imine (C=N–C) groups is 1. The van der Waals surface area contributed by atoms with Crippen LogP contribution in [0.15, 0.2) is 90.2 Å². The maximum Gasteiger partial charge on any atom is 2.00 e. The maximum atomic E-state index is 7.08. The summed E-state index contributed by atoms with van der Waals surface area (Å²) in [6, 6.07) is 33.7. The second kappa shape index (κ2) is 15.3. The molecular weight excluding hydrogens is 942 g/mol. The minimum absolute atomic E-state index is 0. The predicted octanol–water partition coefficient (Wildman–Crippen LogP) is 13.5. The Morgan fingerprint density at radius 2 is 1.40 bits per heavy atom. The number of aryl methyl sites for hydroxylation is 5. The fourth-order valence-corrected chi connectivity index (χ4v) is 11.3. The topological polar surface area (TPSA) is 55.5 Å². The van der Waals surface area contributed by atoms with Crippen LogP contribution in [0.25, 0.3) is 38.9 Å². The number of hydrogen-bond donors (Lipinski definition) is 0. The second-order valence-electron chi connectivity index (χ2n) is 19.8. The summed E-state index contributed by atoms with van der Waals surface area (Å²) in [7, 11) is 0. The molecule has 0 radical (unpaired) electrons. The molecule has 6 nitrogen and oxygen atoms in total. The van der Waals surface area contributed by atoms with Crippen molar-refractivity contribution in [1.29, 1.82) is 0 Å². The van der Waals surface area contributed by atoms with Crippen molar-refractivity contribution in [2.24, 2.45) is 22.7 Å². The minimum atomic E-state index is -0.437. The summed E-state index contributed by atoms with van der Waals surface area (Å²) in [4.78, 5) is 18.3. The number of anilines is 1. The molecule has 62 heavy (non-hydrogen) atoms. The molecule has 0 unspecified atom stereocenters. The number of fused-ring (bicyclic) bond motifs is 5. The van der Waals surface area contributed by atoms with Crippen molar-refractivity contribution in [2.45, 2.75) is 113 Å². The van der Waals surface area contributed by atoms with E-state index in [2.05, 4.69) is 179 Å². The van der Waals surface area contributed by atoms with Gasteiger partial charge in [-0.1, -0.05) is 114 Å². The summed E-state index contributed by atoms with van der Waals surface area (Å²) >= 11 is 0. The van der Waals surface area contributed by atoms with E-state index in [1.807, 2.05) is 24.5 Å². The SMILES string of the molecule is Cc1cc(C)c(N2C(c3[c-]c(Oc4[c-]c5c(cc4C)C(C)(C)c4cccc6c7cc(C)cnc7n-5c46)cc(-c4ccccn4)c3)=N[C@](C)(C(C(C)C)C(C)C)C2(C)C)c(C)c1.[Pt+2]. The third kappa shape index (κ3) is 6.57. The molecule has 1 atom stereocenters. The van der Waals surface area contributed by atoms with Gasteiger partial charge in [-0.15, -0.1) is 28.8 Å². The molecule has 320 valence electrons. The van der Waals surface area contributed by atoms with Crippen LogP contribution in [-0.2, 0) is 26.5 Å². The molecule has 0 aliphatic carbocycles. The van der Waals surface area contributed by atoms with E-state index in [9.17, 15) is 0 Å². The van der Waals surface area contributed by atoms with E-state index >= 15 is 0 Å². The predicted molar refractivity (Wildman–Crippen MR) is 253 cm³/mol. The Hall–Kier alpha value is -5.06. The molecule has 3 aromatic heterocycles. The van der Waals surface area contributed by atoms with Crippen molar-refractivity contribution in [3.8, 4) is 28.4 Å². The van der Waals surface area contributed by atoms with E-state index in [1.54, 1.807) is 0 Å². The standard InChI is InChI=1S/C55H59N5O.Pt/c1-31(2)48(32(3)4)55(14)54(12,13)60(49-36(8)22-33(5)23-37(49)9)51(58-55)39-26-38(45-20-15-16-21-56-45)27-40(28-39)61-47-29-46-44(25-35(47)7)53(10,11)43-19-17-18-41-42-24-34(6)30-57-52(42)59(46)50(41)43;/h15-27,30-32,48H,1-14H3;/q-2;+2/t55-;/m1./s1. The number of hydrogen-bond acceptors (Lipinski definition) is 5. The van der Waals surface area contributed by atoms with Gasteiger partial charge in [0.05, 0.1) is 28.1 Å². The third-order valence-corrected chi connectivity index (χ3v) is 14.1. The molecule has 0 amide bonds. The molecule has 0 spiro atoms. The van der Waals surface area contributed by atoms with Gasteiger partial charge in [0.1, 0.15) is 5.65 Å². The Morgan fingerprint density at radius 3 is 2.06 bits per heavy atom. The zero-order valence-corrected chi connectivity index (χ0v) is 41.0. The molecule has 4 aromatic carbocycles. The molecule has 9 rings (SSSR count). The van der Waals surface area contributed by atoms with Crippen molar-refractivity contribution >= 4 is 33.5 Å². The van der Waals surface area contributed by atoms with Crippen molar-refractivity contribution in [2.75, 3.05) is 4.90 Å². The largest absolute Gasteiger partial charge is 2.00 e. The summed E-state index contributed by atoms with van der Waals surface area (Å²) in [5, 5.41) is 2.35. The summed E-state index contributed by atoms with van der Waals surface area (Å²) in [5.74, 6) is 3.25. The van der Waals surface area contributed by atoms with Gasteiger partial charge < -0.3 is 19.2 Å². The monoisotopic (exact) mass is 1000 g/mol. The van der Waals surface area contributed by atoms with Crippen LogP contribution in [0.2, 0.25) is 0 Å². The fraction of sp³-hybridized carbons (Fsp3) is 0.364. The minimum Gasteiger partial charge on any atom is -0.503 e. The van der Waals surface area contributed by atoms with E-state index in [1.165, 1.54) is 44.4 Å². The van der Waals surface area contributed by atoms with E-state index in [-0.39, 0.29) is 26.5 Å². The average Bonchev–Trinajstić information content (AvgIpc) is 3.62. The molecule has 7 aromatic rings. The van der Waals surface area contributed by atoms with Gasteiger partial charge in [0.25, 0.3) is 0 Å². The van der Waals surface area contributed by atoms with Gasteiger partial charge in [-0.2, -0.15) is 6.07 Å². The van der Waals surface area contributed by atoms with Crippen LogP contribution in [0.3, 0.4) is 0 Å². The summed E-state index contributed by atoms with van der Waals surface area (Å²) in [6.07, 6.45) is 3.81. The number of aromatic nitrogens is 3. The number of ether oxygens (including phenoxy) is 1. The molecule has 0 fully saturated rings. The number of para-hydroxylation sites is 1. The van der Waals surface area contributed by atoms with Crippen molar-refractivity contribution in [3.63, 3.8) is 0 Å². The number of nitrogens with zero attached hydrogens (tertiary/aromatic N) is 5. The smallest absolute Gasteiger partial charge is 0.503 e. The number of benzene rings is 4. The molecular formula is C55H59N5OPt. The van der Waals surface area contributed by atoms with Gasteiger partial charge in [0.15, 0.2) is 0 Å². The van der Waals surface area contributed by atoms with E-state index in [0.717, 1.165) is 50.5 Å². The van der Waals surface area contributed by atoms with Crippen molar-refractivity contribution in [3.05, 3.63) is 142 Å². The van der Waals surface area contributed by atoms with Crippen LogP contribution in [0.4, 0.5) is 5.69 Å². The van der Waals surface area contributed by atoms with Crippen LogP contribution in [0.1, 0.15) is 107 Å². The maximum absolute atomic E-state index is 7.08. The van der Waals surface area contributed by atoms with Crippen LogP contribution in [-0.4, -0.2) is 31.4 Å². The van der Waals surface area contributed by atoms with Crippen LogP contribution >= 0.6 is 0 Å². The second-order valence-corrected chi connectivity index (χ2v) is 19.8. The Bertz CT molecular complexity index is 2910.